The molecule has 2 aromatic carbocycles. The third kappa shape index (κ3) is 3.17. The lowest BCUT2D eigenvalue weighted by Crippen LogP contribution is -2.11. The van der Waals surface area contributed by atoms with Gasteiger partial charge in [0.1, 0.15) is 0 Å². The minimum atomic E-state index is -0.292. The van der Waals surface area contributed by atoms with Crippen molar-refractivity contribution in [2.24, 2.45) is 0 Å². The van der Waals surface area contributed by atoms with Gasteiger partial charge in [0, 0.05) is 15.6 Å². The van der Waals surface area contributed by atoms with Crippen LogP contribution in [0, 0.1) is 0 Å². The van der Waals surface area contributed by atoms with Crippen LogP contribution in [-0.2, 0) is 0 Å². The first-order valence-corrected chi connectivity index (χ1v) is 6.97. The maximum atomic E-state index is 12.0. The molecule has 0 saturated carbocycles. The van der Waals surface area contributed by atoms with Crippen molar-refractivity contribution in [2.75, 3.05) is 5.32 Å². The average molecular weight is 344 g/mol. The molecule has 0 saturated heterocycles. The van der Waals surface area contributed by atoms with Gasteiger partial charge < -0.3 is 4.42 Å². The first kappa shape index (κ1) is 13.5. The number of hydrogen-bond acceptors (Lipinski definition) is 4. The zero-order valence-corrected chi connectivity index (χ0v) is 12.4. The first-order valence-electron chi connectivity index (χ1n) is 6.18. The minimum Gasteiger partial charge on any atom is -0.403 e. The number of anilines is 1. The number of benzene rings is 2. The zero-order chi connectivity index (χ0) is 14.7. The van der Waals surface area contributed by atoms with E-state index in [1.165, 1.54) is 0 Å². The number of aromatic nitrogens is 2. The Morgan fingerprint density at radius 1 is 1.05 bits per heavy atom. The Morgan fingerprint density at radius 2 is 1.86 bits per heavy atom. The molecule has 21 heavy (non-hydrogen) atoms. The van der Waals surface area contributed by atoms with Crippen LogP contribution in [0.2, 0.25) is 0 Å². The smallest absolute Gasteiger partial charge is 0.322 e. The molecule has 3 rings (SSSR count). The number of amides is 1. The van der Waals surface area contributed by atoms with Crippen LogP contribution < -0.4 is 5.32 Å². The first-order chi connectivity index (χ1) is 10.2. The number of carbonyl (C=O) groups excluding carboxylic acids is 1. The zero-order valence-electron chi connectivity index (χ0n) is 10.8. The van der Waals surface area contributed by atoms with Crippen molar-refractivity contribution >= 4 is 27.9 Å². The fourth-order valence-corrected chi connectivity index (χ4v) is 2.17. The van der Waals surface area contributed by atoms with Gasteiger partial charge in [-0.3, -0.25) is 10.1 Å². The highest BCUT2D eigenvalue weighted by molar-refractivity contribution is 9.10. The molecule has 1 N–H and O–H groups in total. The Morgan fingerprint density at radius 3 is 2.62 bits per heavy atom. The van der Waals surface area contributed by atoms with Gasteiger partial charge in [0.05, 0.1) is 0 Å². The highest BCUT2D eigenvalue weighted by Gasteiger charge is 2.12. The van der Waals surface area contributed by atoms with E-state index in [0.717, 1.165) is 10.0 Å². The molecular weight excluding hydrogens is 334 g/mol. The second kappa shape index (κ2) is 5.88. The van der Waals surface area contributed by atoms with Crippen LogP contribution in [0.5, 0.6) is 0 Å². The summed E-state index contributed by atoms with van der Waals surface area (Å²) in [5, 5.41) is 10.3. The van der Waals surface area contributed by atoms with Gasteiger partial charge in [-0.15, -0.1) is 5.10 Å². The molecule has 1 heterocycles. The molecule has 104 valence electrons. The molecule has 0 radical (unpaired) electrons. The summed E-state index contributed by atoms with van der Waals surface area (Å²) in [4.78, 5) is 12.0. The van der Waals surface area contributed by atoms with Crippen molar-refractivity contribution in [1.82, 2.24) is 10.2 Å². The molecule has 0 unspecified atom stereocenters. The van der Waals surface area contributed by atoms with Crippen molar-refractivity contribution in [3.05, 3.63) is 64.6 Å². The van der Waals surface area contributed by atoms with Crippen LogP contribution in [0.1, 0.15) is 10.4 Å². The predicted molar refractivity (Wildman–Crippen MR) is 81.8 cm³/mol. The molecule has 0 aliphatic carbocycles. The van der Waals surface area contributed by atoms with E-state index in [1.807, 2.05) is 30.3 Å². The molecule has 3 aromatic rings. The molecule has 0 aliphatic heterocycles. The molecular formula is C15H10BrN3O2. The van der Waals surface area contributed by atoms with Gasteiger partial charge in [0.25, 0.3) is 5.91 Å². The minimum absolute atomic E-state index is 0.0684. The second-order valence-electron chi connectivity index (χ2n) is 4.24. The van der Waals surface area contributed by atoms with Crippen LogP contribution in [0.25, 0.3) is 11.5 Å². The van der Waals surface area contributed by atoms with Crippen molar-refractivity contribution in [3.63, 3.8) is 0 Å². The summed E-state index contributed by atoms with van der Waals surface area (Å²) in [7, 11) is 0. The van der Waals surface area contributed by atoms with E-state index in [0.29, 0.717) is 11.5 Å². The maximum absolute atomic E-state index is 12.0. The van der Waals surface area contributed by atoms with Crippen molar-refractivity contribution in [3.8, 4) is 11.5 Å². The average Bonchev–Trinajstić information content (AvgIpc) is 2.97. The van der Waals surface area contributed by atoms with E-state index < -0.39 is 0 Å². The van der Waals surface area contributed by atoms with Gasteiger partial charge in [-0.2, -0.15) is 0 Å². The fourth-order valence-electron chi connectivity index (χ4n) is 1.77. The maximum Gasteiger partial charge on any atom is 0.322 e. The summed E-state index contributed by atoms with van der Waals surface area (Å²) in [6.45, 7) is 0. The largest absolute Gasteiger partial charge is 0.403 e. The lowest BCUT2D eigenvalue weighted by molar-refractivity contribution is 0.102. The van der Waals surface area contributed by atoms with Crippen LogP contribution in [0.15, 0.2) is 63.5 Å². The van der Waals surface area contributed by atoms with Crippen molar-refractivity contribution in [2.45, 2.75) is 0 Å². The lowest BCUT2D eigenvalue weighted by Gasteiger charge is -1.99. The predicted octanol–water partition coefficient (Wildman–Crippen LogP) is 3.75. The molecule has 1 amide bonds. The molecule has 0 aliphatic rings. The topological polar surface area (TPSA) is 68.0 Å². The third-order valence-corrected chi connectivity index (χ3v) is 3.25. The van der Waals surface area contributed by atoms with Crippen molar-refractivity contribution < 1.29 is 9.21 Å². The summed E-state index contributed by atoms with van der Waals surface area (Å²) >= 11 is 3.38. The van der Waals surface area contributed by atoms with E-state index in [-0.39, 0.29) is 11.9 Å². The SMILES string of the molecule is O=C(Nc1nnc(-c2cccc(Br)c2)o1)c1ccccc1. The number of nitrogens with zero attached hydrogens (tertiary/aromatic N) is 2. The number of rotatable bonds is 3. The molecule has 5 nitrogen and oxygen atoms in total. The summed E-state index contributed by atoms with van der Waals surface area (Å²) in [6.07, 6.45) is 0. The summed E-state index contributed by atoms with van der Waals surface area (Å²) in [6, 6.07) is 16.4. The second-order valence-corrected chi connectivity index (χ2v) is 5.16. The molecule has 0 spiro atoms. The van der Waals surface area contributed by atoms with Crippen LogP contribution in [0.3, 0.4) is 0 Å². The highest BCUT2D eigenvalue weighted by Crippen LogP contribution is 2.23. The molecule has 0 fully saturated rings. The van der Waals surface area contributed by atoms with E-state index in [9.17, 15) is 4.79 Å². The molecule has 0 bridgehead atoms. The number of halogens is 1. The van der Waals surface area contributed by atoms with Crippen LogP contribution >= 0.6 is 15.9 Å². The Hall–Kier alpha value is -2.47. The Balaban J connectivity index is 1.78. The quantitative estimate of drug-likeness (QED) is 0.786. The number of nitrogens with one attached hydrogen (secondary N) is 1. The number of carbonyl (C=O) groups is 1. The molecule has 0 atom stereocenters. The van der Waals surface area contributed by atoms with E-state index >= 15 is 0 Å². The summed E-state index contributed by atoms with van der Waals surface area (Å²) < 4.78 is 6.35. The standard InChI is InChI=1S/C15H10BrN3O2/c16-12-8-4-7-11(9-12)14-18-19-15(21-14)17-13(20)10-5-2-1-3-6-10/h1-9H,(H,17,19,20). The Labute approximate surface area is 129 Å². The summed E-state index contributed by atoms with van der Waals surface area (Å²) in [5.41, 5.74) is 1.30. The van der Waals surface area contributed by atoms with E-state index in [1.54, 1.807) is 24.3 Å². The fraction of sp³-hybridized carbons (Fsp3) is 0. The third-order valence-electron chi connectivity index (χ3n) is 2.75. The monoisotopic (exact) mass is 343 g/mol. The normalized spacial score (nSPS) is 10.3. The van der Waals surface area contributed by atoms with Gasteiger partial charge in [-0.25, -0.2) is 0 Å². The van der Waals surface area contributed by atoms with Crippen molar-refractivity contribution in [1.29, 1.82) is 0 Å². The Kier molecular flexibility index (Phi) is 3.79. The van der Waals surface area contributed by atoms with Gasteiger partial charge in [-0.1, -0.05) is 45.3 Å². The van der Waals surface area contributed by atoms with E-state index in [4.69, 9.17) is 4.42 Å². The molecule has 6 heteroatoms. The molecule has 1 aromatic heterocycles. The lowest BCUT2D eigenvalue weighted by atomic mass is 10.2. The van der Waals surface area contributed by atoms with Crippen LogP contribution in [-0.4, -0.2) is 16.1 Å². The number of hydrogen-bond donors (Lipinski definition) is 1. The van der Waals surface area contributed by atoms with E-state index in [2.05, 4.69) is 31.4 Å². The van der Waals surface area contributed by atoms with Gasteiger partial charge >= 0.3 is 6.01 Å². The van der Waals surface area contributed by atoms with Gasteiger partial charge in [0.2, 0.25) is 5.89 Å². The highest BCUT2D eigenvalue weighted by atomic mass is 79.9. The summed E-state index contributed by atoms with van der Waals surface area (Å²) in [5.74, 6) is 0.0553. The van der Waals surface area contributed by atoms with Crippen LogP contribution in [0.4, 0.5) is 6.01 Å². The van der Waals surface area contributed by atoms with Gasteiger partial charge in [0.15, 0.2) is 0 Å². The Bertz CT molecular complexity index is 771. The van der Waals surface area contributed by atoms with Gasteiger partial charge in [-0.05, 0) is 30.3 Å².